The Morgan fingerprint density at radius 3 is 2.54 bits per heavy atom. The Morgan fingerprint density at radius 2 is 2.08 bits per heavy atom. The van der Waals surface area contributed by atoms with Crippen molar-refractivity contribution >= 4 is 5.91 Å². The highest BCUT2D eigenvalue weighted by Gasteiger charge is 2.06. The van der Waals surface area contributed by atoms with E-state index in [2.05, 4.69) is 4.98 Å². The second kappa shape index (κ2) is 3.43. The molecular formula is C9H12N2O2. The summed E-state index contributed by atoms with van der Waals surface area (Å²) in [5.74, 6) is -0.403. The van der Waals surface area contributed by atoms with Gasteiger partial charge >= 0.3 is 0 Å². The summed E-state index contributed by atoms with van der Waals surface area (Å²) in [4.78, 5) is 24.5. The standard InChI is InChI=1S/C9H12N2O2/c1-5(2)7-3-6(9(10)13)4-8(12)11-7/h3-5H,1-2H3,(H2,10,13)(H,11,12). The first-order valence-electron chi connectivity index (χ1n) is 4.04. The Labute approximate surface area is 75.8 Å². The molecule has 0 spiro atoms. The number of aromatic nitrogens is 1. The number of carbonyl (C=O) groups is 1. The van der Waals surface area contributed by atoms with Crippen LogP contribution in [0, 0.1) is 0 Å². The van der Waals surface area contributed by atoms with Crippen LogP contribution in [-0.4, -0.2) is 10.9 Å². The van der Waals surface area contributed by atoms with Gasteiger partial charge in [0.2, 0.25) is 11.5 Å². The summed E-state index contributed by atoms with van der Waals surface area (Å²) in [6.07, 6.45) is 0. The maximum Gasteiger partial charge on any atom is 0.248 e. The van der Waals surface area contributed by atoms with Crippen molar-refractivity contribution in [2.75, 3.05) is 0 Å². The van der Waals surface area contributed by atoms with Crippen molar-refractivity contribution in [3.8, 4) is 0 Å². The van der Waals surface area contributed by atoms with Crippen LogP contribution in [-0.2, 0) is 0 Å². The molecule has 1 aromatic heterocycles. The molecule has 0 aliphatic carbocycles. The molecule has 0 saturated carbocycles. The molecular weight excluding hydrogens is 168 g/mol. The number of nitrogens with one attached hydrogen (secondary N) is 1. The zero-order valence-electron chi connectivity index (χ0n) is 7.63. The molecule has 0 fully saturated rings. The zero-order chi connectivity index (χ0) is 10.0. The second-order valence-electron chi connectivity index (χ2n) is 3.21. The van der Waals surface area contributed by atoms with Crippen molar-refractivity contribution in [2.45, 2.75) is 19.8 Å². The van der Waals surface area contributed by atoms with Crippen molar-refractivity contribution in [2.24, 2.45) is 5.73 Å². The van der Waals surface area contributed by atoms with E-state index in [-0.39, 0.29) is 17.0 Å². The smallest absolute Gasteiger partial charge is 0.248 e. The van der Waals surface area contributed by atoms with Crippen molar-refractivity contribution in [3.05, 3.63) is 33.7 Å². The number of amides is 1. The minimum absolute atomic E-state index is 0.173. The van der Waals surface area contributed by atoms with Crippen LogP contribution < -0.4 is 11.3 Å². The SMILES string of the molecule is CC(C)c1cc(C(N)=O)cc(=O)[nH]1. The number of carbonyl (C=O) groups excluding carboxylic acids is 1. The maximum atomic E-state index is 11.1. The Morgan fingerprint density at radius 1 is 1.46 bits per heavy atom. The third kappa shape index (κ3) is 2.18. The molecule has 0 aliphatic heterocycles. The van der Waals surface area contributed by atoms with E-state index in [1.165, 1.54) is 6.07 Å². The molecule has 0 atom stereocenters. The van der Waals surface area contributed by atoms with Crippen molar-refractivity contribution < 1.29 is 4.79 Å². The van der Waals surface area contributed by atoms with Gasteiger partial charge in [-0.1, -0.05) is 13.8 Å². The Hall–Kier alpha value is -1.58. The second-order valence-corrected chi connectivity index (χ2v) is 3.21. The van der Waals surface area contributed by atoms with E-state index in [9.17, 15) is 9.59 Å². The van der Waals surface area contributed by atoms with Gasteiger partial charge in [0.15, 0.2) is 0 Å². The summed E-state index contributed by atoms with van der Waals surface area (Å²) < 4.78 is 0. The first kappa shape index (κ1) is 9.51. The highest BCUT2D eigenvalue weighted by Crippen LogP contribution is 2.10. The largest absolute Gasteiger partial charge is 0.366 e. The minimum Gasteiger partial charge on any atom is -0.366 e. The summed E-state index contributed by atoms with van der Waals surface area (Å²) in [7, 11) is 0. The van der Waals surface area contributed by atoms with Gasteiger partial charge in [-0.25, -0.2) is 0 Å². The van der Waals surface area contributed by atoms with E-state index in [1.807, 2.05) is 13.8 Å². The first-order chi connectivity index (χ1) is 6.00. The number of hydrogen-bond donors (Lipinski definition) is 2. The number of rotatable bonds is 2. The highest BCUT2D eigenvalue weighted by molar-refractivity contribution is 5.92. The topological polar surface area (TPSA) is 76.0 Å². The molecule has 1 heterocycles. The van der Waals surface area contributed by atoms with Crippen molar-refractivity contribution in [1.29, 1.82) is 0 Å². The average molecular weight is 180 g/mol. The molecule has 0 unspecified atom stereocenters. The normalized spacial score (nSPS) is 10.4. The van der Waals surface area contributed by atoms with Crippen molar-refractivity contribution in [3.63, 3.8) is 0 Å². The van der Waals surface area contributed by atoms with E-state index >= 15 is 0 Å². The van der Waals surface area contributed by atoms with E-state index in [4.69, 9.17) is 5.73 Å². The molecule has 4 heteroatoms. The molecule has 1 amide bonds. The molecule has 1 rings (SSSR count). The van der Waals surface area contributed by atoms with Crippen LogP contribution >= 0.6 is 0 Å². The lowest BCUT2D eigenvalue weighted by molar-refractivity contribution is 0.1000. The van der Waals surface area contributed by atoms with Crippen LogP contribution in [0.25, 0.3) is 0 Å². The lowest BCUT2D eigenvalue weighted by atomic mass is 10.1. The Balaban J connectivity index is 3.27. The summed E-state index contributed by atoms with van der Waals surface area (Å²) in [5, 5.41) is 0. The van der Waals surface area contributed by atoms with Crippen LogP contribution in [0.3, 0.4) is 0 Å². The third-order valence-electron chi connectivity index (χ3n) is 1.77. The average Bonchev–Trinajstić information content (AvgIpc) is 2.03. The number of primary amides is 1. The lowest BCUT2D eigenvalue weighted by Crippen LogP contribution is -2.17. The van der Waals surface area contributed by atoms with Crippen LogP contribution in [0.4, 0.5) is 0 Å². The monoisotopic (exact) mass is 180 g/mol. The zero-order valence-corrected chi connectivity index (χ0v) is 7.63. The highest BCUT2D eigenvalue weighted by atomic mass is 16.1. The van der Waals surface area contributed by atoms with Gasteiger partial charge in [0.05, 0.1) is 0 Å². The fraction of sp³-hybridized carbons (Fsp3) is 0.333. The van der Waals surface area contributed by atoms with Gasteiger partial charge in [-0.3, -0.25) is 9.59 Å². The quantitative estimate of drug-likeness (QED) is 0.699. The predicted molar refractivity (Wildman–Crippen MR) is 49.7 cm³/mol. The molecule has 0 bridgehead atoms. The van der Waals surface area contributed by atoms with Gasteiger partial charge in [0, 0.05) is 17.3 Å². The number of nitrogens with two attached hydrogens (primary N) is 1. The summed E-state index contributed by atoms with van der Waals surface area (Å²) in [5.41, 5.74) is 5.75. The summed E-state index contributed by atoms with van der Waals surface area (Å²) >= 11 is 0. The van der Waals surface area contributed by atoms with Crippen LogP contribution in [0.15, 0.2) is 16.9 Å². The van der Waals surface area contributed by atoms with Gasteiger partial charge < -0.3 is 10.7 Å². The molecule has 70 valence electrons. The van der Waals surface area contributed by atoms with E-state index < -0.39 is 5.91 Å². The third-order valence-corrected chi connectivity index (χ3v) is 1.77. The van der Waals surface area contributed by atoms with Crippen molar-refractivity contribution in [1.82, 2.24) is 4.98 Å². The number of hydrogen-bond acceptors (Lipinski definition) is 2. The molecule has 0 aliphatic rings. The minimum atomic E-state index is -0.576. The van der Waals surface area contributed by atoms with Gasteiger partial charge in [0.25, 0.3) is 0 Å². The molecule has 3 N–H and O–H groups in total. The van der Waals surface area contributed by atoms with Crippen LogP contribution in [0.5, 0.6) is 0 Å². The maximum absolute atomic E-state index is 11.1. The fourth-order valence-electron chi connectivity index (χ4n) is 1.02. The number of pyridine rings is 1. The van der Waals surface area contributed by atoms with Gasteiger partial charge in [0.1, 0.15) is 0 Å². The Bertz CT molecular complexity index is 379. The summed E-state index contributed by atoms with van der Waals surface area (Å²) in [6, 6.07) is 2.81. The van der Waals surface area contributed by atoms with E-state index in [0.717, 1.165) is 5.69 Å². The number of H-pyrrole nitrogens is 1. The van der Waals surface area contributed by atoms with E-state index in [0.29, 0.717) is 0 Å². The van der Waals surface area contributed by atoms with Crippen LogP contribution in [0.2, 0.25) is 0 Å². The van der Waals surface area contributed by atoms with Crippen LogP contribution in [0.1, 0.15) is 35.8 Å². The molecule has 0 aromatic carbocycles. The first-order valence-corrected chi connectivity index (χ1v) is 4.04. The molecule has 1 aromatic rings. The Kier molecular flexibility index (Phi) is 2.51. The molecule has 0 saturated heterocycles. The molecule has 4 nitrogen and oxygen atoms in total. The lowest BCUT2D eigenvalue weighted by Gasteiger charge is -2.05. The van der Waals surface area contributed by atoms with Gasteiger partial charge in [-0.15, -0.1) is 0 Å². The van der Waals surface area contributed by atoms with E-state index in [1.54, 1.807) is 6.07 Å². The molecule has 13 heavy (non-hydrogen) atoms. The van der Waals surface area contributed by atoms with Gasteiger partial charge in [-0.2, -0.15) is 0 Å². The molecule has 0 radical (unpaired) electrons. The summed E-state index contributed by atoms with van der Waals surface area (Å²) in [6.45, 7) is 3.85. The van der Waals surface area contributed by atoms with Gasteiger partial charge in [-0.05, 0) is 12.0 Å². The predicted octanol–water partition coefficient (Wildman–Crippen LogP) is 0.597. The fourth-order valence-corrected chi connectivity index (χ4v) is 1.02. The number of aromatic amines is 1.